The van der Waals surface area contributed by atoms with Gasteiger partial charge in [0.15, 0.2) is 9.84 Å². The van der Waals surface area contributed by atoms with Crippen molar-refractivity contribution in [3.05, 3.63) is 30.1 Å². The Kier molecular flexibility index (Phi) is 4.37. The van der Waals surface area contributed by atoms with Crippen molar-refractivity contribution in [2.45, 2.75) is 17.4 Å². The fourth-order valence-electron chi connectivity index (χ4n) is 2.28. The lowest BCUT2D eigenvalue weighted by Gasteiger charge is -2.25. The van der Waals surface area contributed by atoms with Gasteiger partial charge in [-0.3, -0.25) is 0 Å². The third-order valence-corrected chi connectivity index (χ3v) is 6.97. The van der Waals surface area contributed by atoms with E-state index in [4.69, 9.17) is 6.42 Å². The lowest BCUT2D eigenvalue weighted by molar-refractivity contribution is 0.369. The molecule has 0 aromatic heterocycles. The van der Waals surface area contributed by atoms with E-state index in [0.717, 1.165) is 16.4 Å². The van der Waals surface area contributed by atoms with Crippen LogP contribution < -0.4 is 0 Å². The molecule has 0 spiro atoms. The average molecular weight is 331 g/mol. The monoisotopic (exact) mass is 331 g/mol. The van der Waals surface area contributed by atoms with Crippen LogP contribution in [0, 0.1) is 18.2 Å². The first-order chi connectivity index (χ1) is 9.78. The maximum Gasteiger partial charge on any atom is 0.247 e. The second-order valence-electron chi connectivity index (χ2n) is 4.74. The summed E-state index contributed by atoms with van der Waals surface area (Å²) in [6.45, 7) is -0.295. The van der Waals surface area contributed by atoms with Crippen LogP contribution in [0.25, 0.3) is 0 Å². The molecule has 21 heavy (non-hydrogen) atoms. The van der Waals surface area contributed by atoms with Crippen LogP contribution in [0.15, 0.2) is 29.2 Å². The Balaban J connectivity index is 2.43. The van der Waals surface area contributed by atoms with Gasteiger partial charge in [-0.2, -0.15) is 4.31 Å². The van der Waals surface area contributed by atoms with Gasteiger partial charge in [0, 0.05) is 6.04 Å². The van der Waals surface area contributed by atoms with Crippen LogP contribution in [-0.2, 0) is 19.9 Å². The fraction of sp³-hybridized carbons (Fsp3) is 0.385. The predicted molar refractivity (Wildman–Crippen MR) is 76.2 cm³/mol. The largest absolute Gasteiger partial charge is 0.247 e. The lowest BCUT2D eigenvalue weighted by Crippen LogP contribution is -2.41. The summed E-state index contributed by atoms with van der Waals surface area (Å²) in [5.74, 6) is 0.927. The molecular weight excluding hydrogens is 317 g/mol. The number of hydrogen-bond donors (Lipinski definition) is 0. The van der Waals surface area contributed by atoms with E-state index in [2.05, 4.69) is 5.92 Å². The van der Waals surface area contributed by atoms with E-state index in [9.17, 15) is 21.2 Å². The zero-order valence-corrected chi connectivity index (χ0v) is 12.7. The van der Waals surface area contributed by atoms with Gasteiger partial charge >= 0.3 is 0 Å². The smallest absolute Gasteiger partial charge is 0.229 e. The van der Waals surface area contributed by atoms with Crippen LogP contribution in [0.3, 0.4) is 0 Å². The van der Waals surface area contributed by atoms with Gasteiger partial charge in [-0.05, 0) is 18.6 Å². The number of sulfonamides is 1. The minimum atomic E-state index is -4.18. The Bertz CT molecular complexity index is 781. The van der Waals surface area contributed by atoms with Gasteiger partial charge in [-0.1, -0.05) is 18.1 Å². The van der Waals surface area contributed by atoms with Crippen molar-refractivity contribution in [1.29, 1.82) is 0 Å². The summed E-state index contributed by atoms with van der Waals surface area (Å²) in [6.07, 6.45) is 5.34. The van der Waals surface area contributed by atoms with Gasteiger partial charge in [-0.15, -0.1) is 6.42 Å². The van der Waals surface area contributed by atoms with Gasteiger partial charge in [0.2, 0.25) is 10.0 Å². The highest BCUT2D eigenvalue weighted by Crippen LogP contribution is 2.26. The third kappa shape index (κ3) is 3.26. The minimum Gasteiger partial charge on any atom is -0.229 e. The molecule has 0 unspecified atom stereocenters. The highest BCUT2D eigenvalue weighted by molar-refractivity contribution is 7.92. The molecule has 5 nitrogen and oxygen atoms in total. The van der Waals surface area contributed by atoms with Crippen molar-refractivity contribution in [2.75, 3.05) is 18.1 Å². The molecule has 1 saturated heterocycles. The van der Waals surface area contributed by atoms with E-state index in [0.29, 0.717) is 0 Å². The SMILES string of the molecule is C#CCN([C@@H]1CCS(=O)(=O)C1)S(=O)(=O)c1ccccc1F. The van der Waals surface area contributed by atoms with Gasteiger partial charge in [0.25, 0.3) is 0 Å². The second kappa shape index (κ2) is 5.75. The molecule has 1 atom stereocenters. The highest BCUT2D eigenvalue weighted by Gasteiger charge is 2.39. The van der Waals surface area contributed by atoms with Crippen molar-refractivity contribution >= 4 is 19.9 Å². The second-order valence-corrected chi connectivity index (χ2v) is 8.83. The molecule has 1 heterocycles. The van der Waals surface area contributed by atoms with Crippen molar-refractivity contribution < 1.29 is 21.2 Å². The van der Waals surface area contributed by atoms with Crippen LogP contribution >= 0.6 is 0 Å². The normalized spacial score (nSPS) is 21.3. The van der Waals surface area contributed by atoms with Gasteiger partial charge in [0.1, 0.15) is 10.7 Å². The number of sulfone groups is 1. The number of benzene rings is 1. The van der Waals surface area contributed by atoms with Gasteiger partial charge in [-0.25, -0.2) is 21.2 Å². The summed E-state index contributed by atoms with van der Waals surface area (Å²) in [7, 11) is -7.46. The zero-order chi connectivity index (χ0) is 15.7. The average Bonchev–Trinajstić information content (AvgIpc) is 2.76. The van der Waals surface area contributed by atoms with Crippen molar-refractivity contribution in [3.63, 3.8) is 0 Å². The Labute approximate surface area is 123 Å². The molecule has 0 bridgehead atoms. The third-order valence-electron chi connectivity index (χ3n) is 3.29. The summed E-state index contributed by atoms with van der Waals surface area (Å²) in [5.41, 5.74) is 0. The fourth-order valence-corrected chi connectivity index (χ4v) is 5.74. The van der Waals surface area contributed by atoms with Crippen LogP contribution in [0.5, 0.6) is 0 Å². The van der Waals surface area contributed by atoms with Crippen LogP contribution in [0.2, 0.25) is 0 Å². The van der Waals surface area contributed by atoms with Crippen LogP contribution in [0.1, 0.15) is 6.42 Å². The molecule has 0 aliphatic carbocycles. The van der Waals surface area contributed by atoms with E-state index in [1.165, 1.54) is 12.1 Å². The zero-order valence-electron chi connectivity index (χ0n) is 11.1. The summed E-state index contributed by atoms with van der Waals surface area (Å²) < 4.78 is 62.8. The maximum atomic E-state index is 13.7. The Morgan fingerprint density at radius 3 is 2.57 bits per heavy atom. The first-order valence-electron chi connectivity index (χ1n) is 6.18. The predicted octanol–water partition coefficient (Wildman–Crippen LogP) is 0.637. The maximum absolute atomic E-state index is 13.7. The molecule has 0 N–H and O–H groups in total. The van der Waals surface area contributed by atoms with Crippen LogP contribution in [-0.4, -0.2) is 45.2 Å². The molecule has 8 heteroatoms. The molecule has 1 aliphatic heterocycles. The van der Waals surface area contributed by atoms with Gasteiger partial charge < -0.3 is 0 Å². The Morgan fingerprint density at radius 2 is 2.05 bits per heavy atom. The number of terminal acetylenes is 1. The summed E-state index contributed by atoms with van der Waals surface area (Å²) in [6, 6.07) is 4.19. The number of halogens is 1. The van der Waals surface area contributed by atoms with E-state index in [1.807, 2.05) is 0 Å². The number of hydrogen-bond acceptors (Lipinski definition) is 4. The molecule has 1 fully saturated rings. The molecular formula is C13H14FNO4S2. The molecule has 1 aromatic carbocycles. The Morgan fingerprint density at radius 1 is 1.38 bits per heavy atom. The van der Waals surface area contributed by atoms with Gasteiger partial charge in [0.05, 0.1) is 18.1 Å². The molecule has 0 amide bonds. The van der Waals surface area contributed by atoms with E-state index >= 15 is 0 Å². The Hall–Kier alpha value is -1.43. The highest BCUT2D eigenvalue weighted by atomic mass is 32.2. The summed E-state index contributed by atoms with van der Waals surface area (Å²) >= 11 is 0. The van der Waals surface area contributed by atoms with Crippen LogP contribution in [0.4, 0.5) is 4.39 Å². The van der Waals surface area contributed by atoms with Crippen molar-refractivity contribution in [3.8, 4) is 12.3 Å². The molecule has 1 aromatic rings. The molecule has 0 radical (unpaired) electrons. The molecule has 2 rings (SSSR count). The summed E-state index contributed by atoms with van der Waals surface area (Å²) in [5, 5.41) is 0. The molecule has 0 saturated carbocycles. The molecule has 1 aliphatic rings. The molecule has 114 valence electrons. The topological polar surface area (TPSA) is 71.5 Å². The standard InChI is InChI=1S/C13H14FNO4S2/c1-2-8-15(11-7-9-20(16,17)10-11)21(18,19)13-6-4-3-5-12(13)14/h1,3-6,11H,7-10H2/t11-/m1/s1. The first kappa shape index (κ1) is 15.9. The number of rotatable bonds is 4. The quantitative estimate of drug-likeness (QED) is 0.759. The van der Waals surface area contributed by atoms with E-state index < -0.39 is 36.6 Å². The number of nitrogens with zero attached hydrogens (tertiary/aromatic N) is 1. The minimum absolute atomic E-state index is 0.0917. The van der Waals surface area contributed by atoms with Crippen molar-refractivity contribution in [2.24, 2.45) is 0 Å². The first-order valence-corrected chi connectivity index (χ1v) is 9.44. The van der Waals surface area contributed by atoms with E-state index in [1.54, 1.807) is 0 Å². The van der Waals surface area contributed by atoms with Crippen molar-refractivity contribution in [1.82, 2.24) is 4.31 Å². The van der Waals surface area contributed by atoms with E-state index in [-0.39, 0.29) is 24.5 Å². The lowest BCUT2D eigenvalue weighted by atomic mass is 10.3. The summed E-state index contributed by atoms with van der Waals surface area (Å²) in [4.78, 5) is -0.496.